The summed E-state index contributed by atoms with van der Waals surface area (Å²) in [7, 11) is 0. The molecule has 2 nitrogen and oxygen atoms in total. The lowest BCUT2D eigenvalue weighted by Gasteiger charge is -2.14. The van der Waals surface area contributed by atoms with Crippen molar-refractivity contribution in [1.29, 1.82) is 0 Å². The average Bonchev–Trinajstić information content (AvgIpc) is 2.34. The van der Waals surface area contributed by atoms with Crippen LogP contribution < -0.4 is 11.1 Å². The summed E-state index contributed by atoms with van der Waals surface area (Å²) in [5, 5.41) is 3.14. The first-order valence-electron chi connectivity index (χ1n) is 5.47. The molecule has 0 radical (unpaired) electrons. The summed E-state index contributed by atoms with van der Waals surface area (Å²) in [5.74, 6) is 0. The van der Waals surface area contributed by atoms with E-state index in [1.807, 2.05) is 0 Å². The fourth-order valence-electron chi connectivity index (χ4n) is 1.64. The van der Waals surface area contributed by atoms with Crippen molar-refractivity contribution >= 4 is 44.6 Å². The Labute approximate surface area is 126 Å². The number of alkyl halides is 3. The lowest BCUT2D eigenvalue weighted by Crippen LogP contribution is -2.07. The van der Waals surface area contributed by atoms with E-state index in [0.29, 0.717) is 16.4 Å². The van der Waals surface area contributed by atoms with Crippen molar-refractivity contribution < 1.29 is 13.2 Å². The molecule has 106 valence electrons. The van der Waals surface area contributed by atoms with Gasteiger partial charge in [-0.1, -0.05) is 33.6 Å². The molecule has 0 fully saturated rings. The molecule has 0 saturated heterocycles. The second-order valence-electron chi connectivity index (χ2n) is 4.02. The van der Waals surface area contributed by atoms with Crippen LogP contribution in [0.1, 0.15) is 5.56 Å². The molecule has 0 aliphatic carbocycles. The van der Waals surface area contributed by atoms with E-state index >= 15 is 0 Å². The molecule has 0 amide bonds. The molecule has 2 aromatic rings. The Balaban J connectivity index is 2.40. The minimum absolute atomic E-state index is 0.0253. The third-order valence-electron chi connectivity index (χ3n) is 2.59. The largest absolute Gasteiger partial charge is 0.417 e. The summed E-state index contributed by atoms with van der Waals surface area (Å²) in [6, 6.07) is 8.68. The normalized spacial score (nSPS) is 11.4. The Hall–Kier alpha value is -1.40. The van der Waals surface area contributed by atoms with E-state index in [-0.39, 0.29) is 10.2 Å². The topological polar surface area (TPSA) is 38.0 Å². The molecule has 0 bridgehead atoms. The second-order valence-corrected chi connectivity index (χ2v) is 5.28. The monoisotopic (exact) mass is 364 g/mol. The minimum atomic E-state index is -4.44. The first-order chi connectivity index (χ1) is 9.29. The van der Waals surface area contributed by atoms with E-state index in [2.05, 4.69) is 21.2 Å². The number of benzene rings is 2. The zero-order chi connectivity index (χ0) is 14.9. The van der Waals surface area contributed by atoms with Crippen LogP contribution in [0.4, 0.5) is 30.2 Å². The van der Waals surface area contributed by atoms with Crippen molar-refractivity contribution in [1.82, 2.24) is 0 Å². The summed E-state index contributed by atoms with van der Waals surface area (Å²) < 4.78 is 38.4. The second kappa shape index (κ2) is 5.54. The van der Waals surface area contributed by atoms with Gasteiger partial charge < -0.3 is 11.1 Å². The molecule has 2 rings (SSSR count). The fourth-order valence-corrected chi connectivity index (χ4v) is 2.34. The molecular formula is C13H9BrClF3N2. The van der Waals surface area contributed by atoms with Crippen molar-refractivity contribution in [2.24, 2.45) is 0 Å². The van der Waals surface area contributed by atoms with Gasteiger partial charge in [-0.3, -0.25) is 0 Å². The van der Waals surface area contributed by atoms with E-state index in [1.54, 1.807) is 18.2 Å². The molecule has 7 heteroatoms. The van der Waals surface area contributed by atoms with Gasteiger partial charge in [0.15, 0.2) is 0 Å². The van der Waals surface area contributed by atoms with Crippen LogP contribution >= 0.6 is 27.5 Å². The number of rotatable bonds is 2. The van der Waals surface area contributed by atoms with Gasteiger partial charge in [0.1, 0.15) is 0 Å². The molecule has 0 aromatic heterocycles. The van der Waals surface area contributed by atoms with Crippen molar-refractivity contribution in [2.45, 2.75) is 6.18 Å². The molecule has 0 unspecified atom stereocenters. The summed E-state index contributed by atoms with van der Waals surface area (Å²) in [6.07, 6.45) is -4.44. The number of nitrogens with one attached hydrogen (secondary N) is 1. The van der Waals surface area contributed by atoms with Gasteiger partial charge in [-0.15, -0.1) is 0 Å². The van der Waals surface area contributed by atoms with Crippen LogP contribution in [0.15, 0.2) is 40.9 Å². The third kappa shape index (κ3) is 3.19. The minimum Gasteiger partial charge on any atom is -0.397 e. The Kier molecular flexibility index (Phi) is 4.15. The van der Waals surface area contributed by atoms with Gasteiger partial charge >= 0.3 is 6.18 Å². The number of nitrogen functional groups attached to an aromatic ring is 1. The van der Waals surface area contributed by atoms with E-state index in [9.17, 15) is 13.2 Å². The Morgan fingerprint density at radius 2 is 1.85 bits per heavy atom. The maximum Gasteiger partial charge on any atom is 0.417 e. The van der Waals surface area contributed by atoms with Crippen molar-refractivity contribution in [3.63, 3.8) is 0 Å². The number of hydrogen-bond acceptors (Lipinski definition) is 2. The maximum atomic E-state index is 12.8. The number of nitrogens with two attached hydrogens (primary N) is 1. The van der Waals surface area contributed by atoms with Gasteiger partial charge in [-0.25, -0.2) is 0 Å². The molecule has 20 heavy (non-hydrogen) atoms. The number of anilines is 3. The first-order valence-corrected chi connectivity index (χ1v) is 6.64. The summed E-state index contributed by atoms with van der Waals surface area (Å²) in [6.45, 7) is 0. The summed E-state index contributed by atoms with van der Waals surface area (Å²) >= 11 is 8.85. The standard InChI is InChI=1S/C13H9BrClF3N2/c14-9-5-4-7(6-8(9)13(16,17)18)20-12-10(15)2-1-3-11(12)19/h1-6,20H,19H2. The van der Waals surface area contributed by atoms with E-state index in [1.165, 1.54) is 12.1 Å². The highest BCUT2D eigenvalue weighted by molar-refractivity contribution is 9.10. The van der Waals surface area contributed by atoms with Crippen LogP contribution in [0, 0.1) is 0 Å². The smallest absolute Gasteiger partial charge is 0.397 e. The van der Waals surface area contributed by atoms with Crippen LogP contribution in [0.3, 0.4) is 0 Å². The Bertz CT molecular complexity index is 624. The predicted molar refractivity (Wildman–Crippen MR) is 78.3 cm³/mol. The molecule has 0 aliphatic rings. The van der Waals surface area contributed by atoms with E-state index in [0.717, 1.165) is 6.07 Å². The van der Waals surface area contributed by atoms with Gasteiger partial charge in [0, 0.05) is 10.2 Å². The van der Waals surface area contributed by atoms with Gasteiger partial charge in [0.2, 0.25) is 0 Å². The lowest BCUT2D eigenvalue weighted by molar-refractivity contribution is -0.138. The zero-order valence-corrected chi connectivity index (χ0v) is 12.3. The highest BCUT2D eigenvalue weighted by Gasteiger charge is 2.33. The van der Waals surface area contributed by atoms with E-state index < -0.39 is 11.7 Å². The maximum absolute atomic E-state index is 12.8. The molecular weight excluding hydrogens is 357 g/mol. The molecule has 0 aliphatic heterocycles. The third-order valence-corrected chi connectivity index (χ3v) is 3.59. The van der Waals surface area contributed by atoms with E-state index in [4.69, 9.17) is 17.3 Å². The summed E-state index contributed by atoms with van der Waals surface area (Å²) in [5.41, 5.74) is 5.96. The van der Waals surface area contributed by atoms with Crippen molar-refractivity contribution in [2.75, 3.05) is 11.1 Å². The number of hydrogen-bond donors (Lipinski definition) is 2. The van der Waals surface area contributed by atoms with Crippen molar-refractivity contribution in [3.8, 4) is 0 Å². The van der Waals surface area contributed by atoms with Gasteiger partial charge in [-0.05, 0) is 30.3 Å². The van der Waals surface area contributed by atoms with Gasteiger partial charge in [0.25, 0.3) is 0 Å². The first kappa shape index (κ1) is 15.0. The Morgan fingerprint density at radius 3 is 2.45 bits per heavy atom. The zero-order valence-electron chi connectivity index (χ0n) is 9.93. The highest BCUT2D eigenvalue weighted by atomic mass is 79.9. The Morgan fingerprint density at radius 1 is 1.15 bits per heavy atom. The molecule has 0 spiro atoms. The molecule has 0 atom stereocenters. The van der Waals surface area contributed by atoms with Gasteiger partial charge in [0.05, 0.1) is 22.0 Å². The SMILES string of the molecule is Nc1cccc(Cl)c1Nc1ccc(Br)c(C(F)(F)F)c1. The fraction of sp³-hybridized carbons (Fsp3) is 0.0769. The number of para-hydroxylation sites is 1. The molecule has 3 N–H and O–H groups in total. The van der Waals surface area contributed by atoms with Crippen molar-refractivity contribution in [3.05, 3.63) is 51.5 Å². The summed E-state index contributed by atoms with van der Waals surface area (Å²) in [4.78, 5) is 0. The van der Waals surface area contributed by atoms with Crippen LogP contribution in [-0.2, 0) is 6.18 Å². The predicted octanol–water partition coefficient (Wildman–Crippen LogP) is 5.45. The average molecular weight is 366 g/mol. The highest BCUT2D eigenvalue weighted by Crippen LogP contribution is 2.38. The quantitative estimate of drug-likeness (QED) is 0.695. The van der Waals surface area contributed by atoms with Crippen LogP contribution in [-0.4, -0.2) is 0 Å². The van der Waals surface area contributed by atoms with Crippen LogP contribution in [0.2, 0.25) is 5.02 Å². The molecule has 2 aromatic carbocycles. The van der Waals surface area contributed by atoms with Gasteiger partial charge in [-0.2, -0.15) is 13.2 Å². The number of halogens is 5. The molecule has 0 saturated carbocycles. The van der Waals surface area contributed by atoms with Crippen LogP contribution in [0.5, 0.6) is 0 Å². The lowest BCUT2D eigenvalue weighted by atomic mass is 10.2. The molecule has 0 heterocycles. The van der Waals surface area contributed by atoms with Crippen LogP contribution in [0.25, 0.3) is 0 Å².